The number of aryl methyl sites for hydroxylation is 1. The number of nitrogens with zero attached hydrogens (tertiary/aromatic N) is 1. The van der Waals surface area contributed by atoms with Gasteiger partial charge in [0.15, 0.2) is 0 Å². The van der Waals surface area contributed by atoms with Crippen LogP contribution in [0.2, 0.25) is 0 Å². The average molecular weight is 478 g/mol. The summed E-state index contributed by atoms with van der Waals surface area (Å²) in [5.41, 5.74) is 5.42. The predicted octanol–water partition coefficient (Wildman–Crippen LogP) is 3.27. The van der Waals surface area contributed by atoms with E-state index in [2.05, 4.69) is 33.1 Å². The van der Waals surface area contributed by atoms with Gasteiger partial charge in [-0.3, -0.25) is 4.72 Å². The van der Waals surface area contributed by atoms with Crippen molar-refractivity contribution in [3.8, 4) is 0 Å². The van der Waals surface area contributed by atoms with Gasteiger partial charge in [-0.2, -0.15) is 0 Å². The number of anilines is 1. The molecule has 0 aliphatic carbocycles. The Balaban J connectivity index is 1.61. The van der Waals surface area contributed by atoms with Crippen LogP contribution in [0.15, 0.2) is 49.0 Å². The molecule has 2 aromatic rings. The van der Waals surface area contributed by atoms with E-state index in [-0.39, 0.29) is 0 Å². The maximum Gasteiger partial charge on any atom is 0.229 e. The zero-order valence-electron chi connectivity index (χ0n) is 18.8. The second-order valence-corrected chi connectivity index (χ2v) is 12.0. The van der Waals surface area contributed by atoms with Gasteiger partial charge in [0.25, 0.3) is 0 Å². The van der Waals surface area contributed by atoms with Crippen molar-refractivity contribution < 1.29 is 16.8 Å². The van der Waals surface area contributed by atoms with E-state index in [1.807, 2.05) is 37.3 Å². The van der Waals surface area contributed by atoms with Crippen LogP contribution in [0.1, 0.15) is 41.0 Å². The molecule has 0 bridgehead atoms. The molecule has 1 aliphatic heterocycles. The van der Waals surface area contributed by atoms with Gasteiger partial charge in [0.05, 0.1) is 18.2 Å². The van der Waals surface area contributed by atoms with Crippen LogP contribution in [0, 0.1) is 6.92 Å². The summed E-state index contributed by atoms with van der Waals surface area (Å²) < 4.78 is 50.8. The van der Waals surface area contributed by atoms with E-state index >= 15 is 0 Å². The third-order valence-electron chi connectivity index (χ3n) is 5.73. The fraction of sp³-hybridized carbons (Fsp3) is 0.391. The highest BCUT2D eigenvalue weighted by molar-refractivity contribution is 7.92. The molecule has 1 aliphatic rings. The number of nitrogens with one attached hydrogen (secondary N) is 2. The van der Waals surface area contributed by atoms with Crippen molar-refractivity contribution >= 4 is 31.4 Å². The second kappa shape index (κ2) is 9.64. The molecule has 9 heteroatoms. The first-order valence-corrected chi connectivity index (χ1v) is 14.3. The molecule has 1 saturated heterocycles. The molecule has 0 atom stereocenters. The molecule has 7 nitrogen and oxygen atoms in total. The Kier molecular flexibility index (Phi) is 7.32. The van der Waals surface area contributed by atoms with Gasteiger partial charge in [0.1, 0.15) is 0 Å². The third kappa shape index (κ3) is 6.82. The zero-order chi connectivity index (χ0) is 23.5. The normalized spacial score (nSPS) is 15.5. The summed E-state index contributed by atoms with van der Waals surface area (Å²) >= 11 is 0. The molecule has 0 spiro atoms. The number of likely N-dealkylation sites (tertiary alicyclic amines) is 1. The maximum atomic E-state index is 11.6. The Morgan fingerprint density at radius 1 is 1.00 bits per heavy atom. The summed E-state index contributed by atoms with van der Waals surface area (Å²) in [6.07, 6.45) is 4.27. The monoisotopic (exact) mass is 477 g/mol. The molecular weight excluding hydrogens is 446 g/mol. The Morgan fingerprint density at radius 3 is 2.19 bits per heavy atom. The molecule has 174 valence electrons. The van der Waals surface area contributed by atoms with Crippen LogP contribution in [-0.2, 0) is 26.6 Å². The van der Waals surface area contributed by atoms with Crippen molar-refractivity contribution in [3.63, 3.8) is 0 Å². The first-order chi connectivity index (χ1) is 14.9. The SMILES string of the molecule is C=C(c1ccc(C)c(NS(C)(=O)=O)c1)N1CCC(c2ccc(CNS(C)(=O)=O)cc2)CC1. The fourth-order valence-corrected chi connectivity index (χ4v) is 4.95. The summed E-state index contributed by atoms with van der Waals surface area (Å²) in [6.45, 7) is 8.15. The highest BCUT2D eigenvalue weighted by atomic mass is 32.2. The lowest BCUT2D eigenvalue weighted by molar-refractivity contribution is 0.299. The predicted molar refractivity (Wildman–Crippen MR) is 130 cm³/mol. The van der Waals surface area contributed by atoms with Gasteiger partial charge in [0, 0.05) is 25.3 Å². The molecule has 1 fully saturated rings. The van der Waals surface area contributed by atoms with Crippen molar-refractivity contribution in [2.75, 3.05) is 30.3 Å². The van der Waals surface area contributed by atoms with E-state index in [9.17, 15) is 16.8 Å². The highest BCUT2D eigenvalue weighted by Crippen LogP contribution is 2.32. The summed E-state index contributed by atoms with van der Waals surface area (Å²) in [7, 11) is -6.55. The summed E-state index contributed by atoms with van der Waals surface area (Å²) in [5, 5.41) is 0. The van der Waals surface area contributed by atoms with Crippen molar-refractivity contribution in [1.29, 1.82) is 0 Å². The minimum atomic E-state index is -3.35. The average Bonchev–Trinajstić information content (AvgIpc) is 2.72. The van der Waals surface area contributed by atoms with Crippen LogP contribution in [0.4, 0.5) is 5.69 Å². The summed E-state index contributed by atoms with van der Waals surface area (Å²) in [6, 6.07) is 13.8. The molecule has 2 N–H and O–H groups in total. The van der Waals surface area contributed by atoms with Crippen molar-refractivity contribution in [1.82, 2.24) is 9.62 Å². The number of piperidine rings is 1. The standard InChI is InChI=1S/C23H31N3O4S2/c1-17-5-8-22(15-23(17)25-32(4,29)30)18(2)26-13-11-21(12-14-26)20-9-6-19(7-10-20)16-24-31(3,27)28/h5-10,15,21,24-25H,2,11-14,16H2,1,3-4H3. The zero-order valence-corrected chi connectivity index (χ0v) is 20.4. The van der Waals surface area contributed by atoms with Crippen LogP contribution in [0.5, 0.6) is 0 Å². The van der Waals surface area contributed by atoms with Crippen LogP contribution in [0.3, 0.4) is 0 Å². The Morgan fingerprint density at radius 2 is 1.62 bits per heavy atom. The molecule has 1 heterocycles. The first-order valence-electron chi connectivity index (χ1n) is 10.5. The molecule has 2 aromatic carbocycles. The maximum absolute atomic E-state index is 11.6. The minimum absolute atomic E-state index is 0.296. The van der Waals surface area contributed by atoms with E-state index in [1.54, 1.807) is 0 Å². The van der Waals surface area contributed by atoms with Crippen LogP contribution >= 0.6 is 0 Å². The van der Waals surface area contributed by atoms with Gasteiger partial charge in [-0.1, -0.05) is 43.0 Å². The molecule has 0 aromatic heterocycles. The van der Waals surface area contributed by atoms with E-state index < -0.39 is 20.0 Å². The van der Waals surface area contributed by atoms with Crippen LogP contribution in [-0.4, -0.2) is 47.3 Å². The lowest BCUT2D eigenvalue weighted by Crippen LogP contribution is -2.31. The van der Waals surface area contributed by atoms with Gasteiger partial charge in [0.2, 0.25) is 20.0 Å². The van der Waals surface area contributed by atoms with Gasteiger partial charge in [-0.15, -0.1) is 0 Å². The topological polar surface area (TPSA) is 95.6 Å². The molecule has 0 amide bonds. The second-order valence-electron chi connectivity index (χ2n) is 8.45. The van der Waals surface area contributed by atoms with Crippen molar-refractivity contribution in [3.05, 3.63) is 71.3 Å². The quantitative estimate of drug-likeness (QED) is 0.608. The molecule has 0 unspecified atom stereocenters. The van der Waals surface area contributed by atoms with Gasteiger partial charge >= 0.3 is 0 Å². The third-order valence-corrected chi connectivity index (χ3v) is 6.99. The Bertz CT molecular complexity index is 1180. The van der Waals surface area contributed by atoms with Crippen LogP contribution < -0.4 is 9.44 Å². The number of rotatable bonds is 8. The highest BCUT2D eigenvalue weighted by Gasteiger charge is 2.22. The fourth-order valence-electron chi connectivity index (χ4n) is 3.90. The largest absolute Gasteiger partial charge is 0.371 e. The van der Waals surface area contributed by atoms with E-state index in [0.717, 1.165) is 60.8 Å². The number of sulfonamides is 2. The van der Waals surface area contributed by atoms with Gasteiger partial charge < -0.3 is 4.90 Å². The number of hydrogen-bond donors (Lipinski definition) is 2. The van der Waals surface area contributed by atoms with E-state index in [4.69, 9.17) is 0 Å². The van der Waals surface area contributed by atoms with E-state index in [0.29, 0.717) is 18.2 Å². The molecule has 0 saturated carbocycles. The summed E-state index contributed by atoms with van der Waals surface area (Å²) in [4.78, 5) is 2.25. The Labute approximate surface area is 191 Å². The summed E-state index contributed by atoms with van der Waals surface area (Å²) in [5.74, 6) is 0.441. The first kappa shape index (κ1) is 24.3. The van der Waals surface area contributed by atoms with Gasteiger partial charge in [-0.25, -0.2) is 21.6 Å². The van der Waals surface area contributed by atoms with Crippen molar-refractivity contribution in [2.45, 2.75) is 32.2 Å². The lowest BCUT2D eigenvalue weighted by Gasteiger charge is -2.35. The molecular formula is C23H31N3O4S2. The molecule has 3 rings (SSSR count). The molecule has 0 radical (unpaired) electrons. The van der Waals surface area contributed by atoms with E-state index in [1.165, 1.54) is 5.56 Å². The van der Waals surface area contributed by atoms with Gasteiger partial charge in [-0.05, 0) is 54.0 Å². The smallest absolute Gasteiger partial charge is 0.229 e. The van der Waals surface area contributed by atoms with Crippen molar-refractivity contribution in [2.24, 2.45) is 0 Å². The number of hydrogen-bond acceptors (Lipinski definition) is 5. The van der Waals surface area contributed by atoms with Crippen LogP contribution in [0.25, 0.3) is 5.70 Å². The molecule has 32 heavy (non-hydrogen) atoms. The number of benzene rings is 2. The minimum Gasteiger partial charge on any atom is -0.371 e. The Hall–Kier alpha value is -2.36. The lowest BCUT2D eigenvalue weighted by atomic mass is 9.88.